The lowest BCUT2D eigenvalue weighted by molar-refractivity contribution is -0.137. The predicted octanol–water partition coefficient (Wildman–Crippen LogP) is 3.20. The van der Waals surface area contributed by atoms with Crippen LogP contribution in [0.2, 0.25) is 0 Å². The van der Waals surface area contributed by atoms with Gasteiger partial charge in [-0.1, -0.05) is 18.2 Å². The third kappa shape index (κ3) is 3.82. The highest BCUT2D eigenvalue weighted by atomic mass is 16.5. The largest absolute Gasteiger partial charge is 0.505 e. The van der Waals surface area contributed by atoms with E-state index in [1.54, 1.807) is 25.1 Å². The van der Waals surface area contributed by atoms with Crippen molar-refractivity contribution in [1.29, 1.82) is 0 Å². The number of pyridine rings is 1. The first kappa shape index (κ1) is 18.2. The Morgan fingerprint density at radius 1 is 1.07 bits per heavy atom. The number of aliphatic carboxylic acids is 1. The lowest BCUT2D eigenvalue weighted by Gasteiger charge is -2.16. The molecule has 7 heteroatoms. The van der Waals surface area contributed by atoms with Crippen molar-refractivity contribution in [2.24, 2.45) is 0 Å². The van der Waals surface area contributed by atoms with Crippen LogP contribution in [0.1, 0.15) is 16.2 Å². The van der Waals surface area contributed by atoms with Crippen molar-refractivity contribution in [2.45, 2.75) is 6.92 Å². The van der Waals surface area contributed by atoms with Gasteiger partial charge in [-0.05, 0) is 37.3 Å². The number of aromatic hydroxyl groups is 1. The summed E-state index contributed by atoms with van der Waals surface area (Å²) in [5.41, 5.74) is 0.342. The fourth-order valence-electron chi connectivity index (χ4n) is 2.73. The van der Waals surface area contributed by atoms with Crippen LogP contribution in [0.15, 0.2) is 48.5 Å². The van der Waals surface area contributed by atoms with Gasteiger partial charge >= 0.3 is 5.97 Å². The maximum Gasteiger partial charge on any atom is 0.323 e. The molecule has 7 nitrogen and oxygen atoms in total. The summed E-state index contributed by atoms with van der Waals surface area (Å²) >= 11 is 0. The van der Waals surface area contributed by atoms with Gasteiger partial charge in [0.25, 0.3) is 5.91 Å². The van der Waals surface area contributed by atoms with Gasteiger partial charge in [-0.3, -0.25) is 9.59 Å². The molecule has 1 amide bonds. The molecule has 2 aromatic carbocycles. The van der Waals surface area contributed by atoms with E-state index < -0.39 is 18.4 Å². The molecule has 2 N–H and O–H groups in total. The third-order valence-corrected chi connectivity index (χ3v) is 4.04. The van der Waals surface area contributed by atoms with E-state index >= 15 is 0 Å². The number of rotatable bonds is 5. The van der Waals surface area contributed by atoms with Crippen molar-refractivity contribution in [2.75, 3.05) is 13.6 Å². The maximum atomic E-state index is 12.4. The van der Waals surface area contributed by atoms with Crippen molar-refractivity contribution in [3.8, 4) is 17.2 Å². The van der Waals surface area contributed by atoms with Crippen molar-refractivity contribution in [1.82, 2.24) is 9.88 Å². The molecule has 0 saturated carbocycles. The minimum absolute atomic E-state index is 0.180. The van der Waals surface area contributed by atoms with Crippen LogP contribution in [0.3, 0.4) is 0 Å². The number of carbonyl (C=O) groups is 2. The van der Waals surface area contributed by atoms with E-state index in [0.717, 1.165) is 4.90 Å². The van der Waals surface area contributed by atoms with Crippen LogP contribution in [0.25, 0.3) is 10.8 Å². The molecule has 3 aromatic rings. The molecule has 0 bridgehead atoms. The number of carboxylic acid groups (broad SMARTS) is 1. The van der Waals surface area contributed by atoms with Crippen LogP contribution in [-0.2, 0) is 4.79 Å². The topological polar surface area (TPSA) is 100.0 Å². The fourth-order valence-corrected chi connectivity index (χ4v) is 2.73. The van der Waals surface area contributed by atoms with E-state index in [9.17, 15) is 14.7 Å². The summed E-state index contributed by atoms with van der Waals surface area (Å²) in [5.74, 6) is -0.854. The average Bonchev–Trinajstić information content (AvgIpc) is 2.64. The smallest absolute Gasteiger partial charge is 0.323 e. The molecule has 0 radical (unpaired) electrons. The second-order valence-corrected chi connectivity index (χ2v) is 6.07. The molecule has 1 heterocycles. The standard InChI is InChI=1S/C20H18N2O5/c1-12-16-10-14(27-13-6-4-3-5-7-13)8-9-15(16)19(25)18(21-12)20(26)22(2)11-17(23)24/h3-10,25H,11H2,1-2H3,(H,23,24). The van der Waals surface area contributed by atoms with Gasteiger partial charge < -0.3 is 19.8 Å². The number of carbonyl (C=O) groups excluding carboxylic acids is 1. The first-order chi connectivity index (χ1) is 12.9. The van der Waals surface area contributed by atoms with Crippen LogP contribution in [0, 0.1) is 6.92 Å². The number of aromatic nitrogens is 1. The first-order valence-corrected chi connectivity index (χ1v) is 8.20. The van der Waals surface area contributed by atoms with Gasteiger partial charge in [0.2, 0.25) is 0 Å². The number of ether oxygens (including phenoxy) is 1. The first-order valence-electron chi connectivity index (χ1n) is 8.20. The van der Waals surface area contributed by atoms with Gasteiger partial charge in [0.15, 0.2) is 11.4 Å². The van der Waals surface area contributed by atoms with Gasteiger partial charge in [0.1, 0.15) is 18.0 Å². The number of carboxylic acids is 1. The van der Waals surface area contributed by atoms with Gasteiger partial charge in [-0.2, -0.15) is 0 Å². The molecule has 0 fully saturated rings. The number of benzene rings is 2. The van der Waals surface area contributed by atoms with Crippen molar-refractivity contribution in [3.05, 3.63) is 59.9 Å². The molecule has 138 valence electrons. The Morgan fingerprint density at radius 3 is 2.44 bits per heavy atom. The minimum Gasteiger partial charge on any atom is -0.505 e. The molecule has 0 aliphatic carbocycles. The van der Waals surface area contributed by atoms with Crippen molar-refractivity contribution >= 4 is 22.6 Å². The summed E-state index contributed by atoms with van der Waals surface area (Å²) in [5, 5.41) is 20.4. The molecule has 0 saturated heterocycles. The quantitative estimate of drug-likeness (QED) is 0.719. The van der Waals surface area contributed by atoms with E-state index in [0.29, 0.717) is 28.0 Å². The summed E-state index contributed by atoms with van der Waals surface area (Å²) in [7, 11) is 1.34. The second kappa shape index (κ2) is 7.33. The number of amides is 1. The zero-order valence-corrected chi connectivity index (χ0v) is 14.8. The summed E-state index contributed by atoms with van der Waals surface area (Å²) < 4.78 is 5.79. The Morgan fingerprint density at radius 2 is 1.78 bits per heavy atom. The zero-order valence-electron chi connectivity index (χ0n) is 14.8. The zero-order chi connectivity index (χ0) is 19.6. The molecule has 3 rings (SSSR count). The number of nitrogens with zero attached hydrogens (tertiary/aromatic N) is 2. The van der Waals surface area contributed by atoms with E-state index in [4.69, 9.17) is 9.84 Å². The molecule has 27 heavy (non-hydrogen) atoms. The number of hydrogen-bond donors (Lipinski definition) is 2. The Kier molecular flexibility index (Phi) is 4.94. The van der Waals surface area contributed by atoms with E-state index in [-0.39, 0.29) is 11.4 Å². The molecule has 1 aromatic heterocycles. The Labute approximate surface area is 155 Å². The lowest BCUT2D eigenvalue weighted by atomic mass is 10.1. The summed E-state index contributed by atoms with van der Waals surface area (Å²) in [4.78, 5) is 28.4. The molecule has 0 atom stereocenters. The van der Waals surface area contributed by atoms with Crippen LogP contribution in [-0.4, -0.2) is 45.6 Å². The van der Waals surface area contributed by atoms with E-state index in [2.05, 4.69) is 4.98 Å². The number of aryl methyl sites for hydroxylation is 1. The number of para-hydroxylation sites is 1. The fraction of sp³-hybridized carbons (Fsp3) is 0.150. The van der Waals surface area contributed by atoms with Crippen LogP contribution >= 0.6 is 0 Å². The molecule has 0 spiro atoms. The third-order valence-electron chi connectivity index (χ3n) is 4.04. The Hall–Kier alpha value is -3.61. The van der Waals surface area contributed by atoms with Gasteiger partial charge in [-0.15, -0.1) is 0 Å². The normalized spacial score (nSPS) is 10.6. The summed E-state index contributed by atoms with van der Waals surface area (Å²) in [6.45, 7) is 1.23. The Bertz CT molecular complexity index is 1020. The van der Waals surface area contributed by atoms with Gasteiger partial charge in [0, 0.05) is 23.5 Å². The maximum absolute atomic E-state index is 12.4. The highest BCUT2D eigenvalue weighted by molar-refractivity contribution is 6.03. The van der Waals surface area contributed by atoms with Crippen LogP contribution < -0.4 is 4.74 Å². The van der Waals surface area contributed by atoms with Crippen molar-refractivity contribution < 1.29 is 24.5 Å². The number of hydrogen-bond acceptors (Lipinski definition) is 5. The highest BCUT2D eigenvalue weighted by Gasteiger charge is 2.22. The summed E-state index contributed by atoms with van der Waals surface area (Å²) in [6, 6.07) is 14.3. The molecular weight excluding hydrogens is 348 g/mol. The van der Waals surface area contributed by atoms with Gasteiger partial charge in [-0.25, -0.2) is 4.98 Å². The lowest BCUT2D eigenvalue weighted by Crippen LogP contribution is -2.32. The monoisotopic (exact) mass is 366 g/mol. The van der Waals surface area contributed by atoms with Crippen LogP contribution in [0.4, 0.5) is 0 Å². The van der Waals surface area contributed by atoms with Crippen LogP contribution in [0.5, 0.6) is 17.2 Å². The van der Waals surface area contributed by atoms with Crippen molar-refractivity contribution in [3.63, 3.8) is 0 Å². The highest BCUT2D eigenvalue weighted by Crippen LogP contribution is 2.33. The Balaban J connectivity index is 1.99. The SMILES string of the molecule is Cc1nc(C(=O)N(C)CC(=O)O)c(O)c2ccc(Oc3ccccc3)cc12. The number of fused-ring (bicyclic) bond motifs is 1. The molecule has 0 aliphatic rings. The molecular formula is C20H18N2O5. The summed E-state index contributed by atoms with van der Waals surface area (Å²) in [6.07, 6.45) is 0. The average molecular weight is 366 g/mol. The molecule has 0 aliphatic heterocycles. The minimum atomic E-state index is -1.15. The predicted molar refractivity (Wildman–Crippen MR) is 99.3 cm³/mol. The second-order valence-electron chi connectivity index (χ2n) is 6.07. The molecule has 0 unspecified atom stereocenters. The van der Waals surface area contributed by atoms with Gasteiger partial charge in [0.05, 0.1) is 0 Å². The van der Waals surface area contributed by atoms with E-state index in [1.807, 2.05) is 30.3 Å². The number of likely N-dealkylation sites (N-methyl/N-ethyl adjacent to an activating group) is 1. The van der Waals surface area contributed by atoms with E-state index in [1.165, 1.54) is 7.05 Å².